The van der Waals surface area contributed by atoms with Gasteiger partial charge in [0.15, 0.2) is 5.78 Å². The standard InChI is InChI=1S/C33H33BrClN5O5/c1-33(2,3)45-26-16-21(25(41)17-27(36)42)8-13-24(26)31-38-29(19-6-11-23(35)12-7-19)30(20-4-9-22(34)10-5-20)40(31)32(44)39-15-14-37-28(43)18-39/h4-13,16,29-30H,14-15,17-18H2,1-3H3,(H2,36,42)(H,37,43)/t29-,30+/m0/s1. The maximum absolute atomic E-state index is 14.5. The fourth-order valence-electron chi connectivity index (χ4n) is 5.36. The van der Waals surface area contributed by atoms with E-state index >= 15 is 0 Å². The van der Waals surface area contributed by atoms with E-state index in [1.54, 1.807) is 35.2 Å². The number of ether oxygens (including phenoxy) is 1. The fraction of sp³-hybridized carbons (Fsp3) is 0.303. The molecule has 3 aromatic rings. The highest BCUT2D eigenvalue weighted by Gasteiger charge is 2.45. The third kappa shape index (κ3) is 7.37. The minimum Gasteiger partial charge on any atom is -0.487 e. The van der Waals surface area contributed by atoms with Gasteiger partial charge in [0.2, 0.25) is 11.8 Å². The molecule has 12 heteroatoms. The van der Waals surface area contributed by atoms with E-state index in [0.717, 1.165) is 15.6 Å². The van der Waals surface area contributed by atoms with E-state index < -0.39 is 41.8 Å². The molecule has 1 fully saturated rings. The molecule has 4 amide bonds. The molecule has 45 heavy (non-hydrogen) atoms. The number of hydrogen-bond donors (Lipinski definition) is 2. The molecule has 3 aromatic carbocycles. The lowest BCUT2D eigenvalue weighted by Gasteiger charge is -2.36. The SMILES string of the molecule is CC(C)(C)Oc1cc(C(=O)CC(N)=O)ccc1C1=N[C@@H](c2ccc(Cl)cc2)[C@@H](c2ccc(Br)cc2)N1C(=O)N1CCNC(=O)C1. The van der Waals surface area contributed by atoms with Crippen molar-refractivity contribution in [2.24, 2.45) is 10.7 Å². The Morgan fingerprint density at radius 3 is 2.33 bits per heavy atom. The van der Waals surface area contributed by atoms with Crippen LogP contribution >= 0.6 is 27.5 Å². The highest BCUT2D eigenvalue weighted by molar-refractivity contribution is 9.10. The lowest BCUT2D eigenvalue weighted by atomic mass is 9.93. The number of carbonyl (C=O) groups excluding carboxylic acids is 4. The normalized spacial score (nSPS) is 18.3. The first-order valence-electron chi connectivity index (χ1n) is 14.4. The molecule has 0 spiro atoms. The van der Waals surface area contributed by atoms with Crippen LogP contribution in [0.2, 0.25) is 5.02 Å². The van der Waals surface area contributed by atoms with Crippen molar-refractivity contribution in [3.63, 3.8) is 0 Å². The molecule has 5 rings (SSSR count). The Labute approximate surface area is 274 Å². The number of rotatable bonds is 7. The molecule has 0 unspecified atom stereocenters. The van der Waals surface area contributed by atoms with E-state index in [2.05, 4.69) is 21.2 Å². The van der Waals surface area contributed by atoms with Gasteiger partial charge in [-0.2, -0.15) is 0 Å². The number of primary amides is 1. The molecule has 2 atom stereocenters. The highest BCUT2D eigenvalue weighted by atomic mass is 79.9. The van der Waals surface area contributed by atoms with Crippen LogP contribution < -0.4 is 15.8 Å². The minimum absolute atomic E-state index is 0.104. The van der Waals surface area contributed by atoms with Gasteiger partial charge in [0.25, 0.3) is 0 Å². The number of amidine groups is 1. The number of aliphatic imine (C=N–C) groups is 1. The van der Waals surface area contributed by atoms with Crippen LogP contribution in [0.3, 0.4) is 0 Å². The number of amides is 4. The van der Waals surface area contributed by atoms with E-state index in [0.29, 0.717) is 35.3 Å². The molecule has 2 heterocycles. The number of ketones is 1. The Kier molecular flexibility index (Phi) is 9.31. The van der Waals surface area contributed by atoms with Crippen LogP contribution in [0.25, 0.3) is 0 Å². The van der Waals surface area contributed by atoms with E-state index in [4.69, 9.17) is 27.1 Å². The second kappa shape index (κ2) is 13.0. The number of Topliss-reactive ketones (excluding diaryl/α,β-unsaturated/α-hetero) is 1. The summed E-state index contributed by atoms with van der Waals surface area (Å²) in [7, 11) is 0. The van der Waals surface area contributed by atoms with Gasteiger partial charge in [0.05, 0.1) is 18.0 Å². The minimum atomic E-state index is -0.743. The molecule has 2 aliphatic heterocycles. The van der Waals surface area contributed by atoms with Gasteiger partial charge in [0.1, 0.15) is 29.8 Å². The van der Waals surface area contributed by atoms with Crippen LogP contribution in [-0.4, -0.2) is 64.5 Å². The van der Waals surface area contributed by atoms with Gasteiger partial charge in [0, 0.05) is 28.1 Å². The molecular weight excluding hydrogens is 662 g/mol. The molecule has 2 aliphatic rings. The molecule has 0 radical (unpaired) electrons. The molecular formula is C33H33BrClN5O5. The number of hydrogen-bond acceptors (Lipinski definition) is 6. The van der Waals surface area contributed by atoms with Crippen molar-refractivity contribution in [2.45, 2.75) is 44.9 Å². The van der Waals surface area contributed by atoms with Gasteiger partial charge in [-0.25, -0.2) is 4.79 Å². The summed E-state index contributed by atoms with van der Waals surface area (Å²) in [5.41, 5.74) is 6.94. The maximum atomic E-state index is 14.5. The lowest BCUT2D eigenvalue weighted by Crippen LogP contribution is -2.55. The zero-order chi connectivity index (χ0) is 32.5. The molecule has 0 aliphatic carbocycles. The number of nitrogens with zero attached hydrogens (tertiary/aromatic N) is 3. The van der Waals surface area contributed by atoms with Crippen molar-refractivity contribution in [3.05, 3.63) is 98.5 Å². The summed E-state index contributed by atoms with van der Waals surface area (Å²) >= 11 is 9.74. The van der Waals surface area contributed by atoms with Gasteiger partial charge >= 0.3 is 6.03 Å². The monoisotopic (exact) mass is 693 g/mol. The molecule has 3 N–H and O–H groups in total. The van der Waals surface area contributed by atoms with E-state index in [1.807, 2.05) is 57.2 Å². The molecule has 0 bridgehead atoms. The van der Waals surface area contributed by atoms with Crippen LogP contribution in [0.1, 0.15) is 66.3 Å². The summed E-state index contributed by atoms with van der Waals surface area (Å²) < 4.78 is 7.23. The summed E-state index contributed by atoms with van der Waals surface area (Å²) in [5.74, 6) is -0.840. The topological polar surface area (TPSA) is 134 Å². The second-order valence-corrected chi connectivity index (χ2v) is 13.2. The lowest BCUT2D eigenvalue weighted by molar-refractivity contribution is -0.123. The van der Waals surface area contributed by atoms with Gasteiger partial charge in [-0.1, -0.05) is 57.9 Å². The summed E-state index contributed by atoms with van der Waals surface area (Å²) in [4.78, 5) is 59.5. The first kappa shape index (κ1) is 32.2. The van der Waals surface area contributed by atoms with E-state index in [9.17, 15) is 19.2 Å². The first-order chi connectivity index (χ1) is 21.3. The average molecular weight is 695 g/mol. The van der Waals surface area contributed by atoms with Gasteiger partial charge in [-0.3, -0.25) is 24.3 Å². The van der Waals surface area contributed by atoms with Crippen molar-refractivity contribution in [2.75, 3.05) is 19.6 Å². The third-order valence-electron chi connectivity index (χ3n) is 7.30. The summed E-state index contributed by atoms with van der Waals surface area (Å²) in [6.07, 6.45) is -0.457. The van der Waals surface area contributed by atoms with Gasteiger partial charge in [-0.05, 0) is 68.3 Å². The summed E-state index contributed by atoms with van der Waals surface area (Å²) in [5, 5.41) is 3.33. The Morgan fingerprint density at radius 2 is 1.71 bits per heavy atom. The number of halogens is 2. The number of carbonyl (C=O) groups is 4. The quantitative estimate of drug-likeness (QED) is 0.251. The molecule has 1 saturated heterocycles. The van der Waals surface area contributed by atoms with Crippen molar-refractivity contribution in [3.8, 4) is 5.75 Å². The number of nitrogens with two attached hydrogens (primary N) is 1. The van der Waals surface area contributed by atoms with Crippen molar-refractivity contribution in [1.29, 1.82) is 0 Å². The van der Waals surface area contributed by atoms with Crippen LogP contribution in [0.15, 0.2) is 76.2 Å². The zero-order valence-electron chi connectivity index (χ0n) is 25.1. The fourth-order valence-corrected chi connectivity index (χ4v) is 5.75. The van der Waals surface area contributed by atoms with Crippen LogP contribution in [-0.2, 0) is 9.59 Å². The zero-order valence-corrected chi connectivity index (χ0v) is 27.4. The molecule has 0 saturated carbocycles. The van der Waals surface area contributed by atoms with Crippen molar-refractivity contribution < 1.29 is 23.9 Å². The second-order valence-electron chi connectivity index (χ2n) is 11.9. The predicted octanol–water partition coefficient (Wildman–Crippen LogP) is 5.43. The summed E-state index contributed by atoms with van der Waals surface area (Å²) in [6.45, 7) is 6.13. The third-order valence-corrected chi connectivity index (χ3v) is 8.08. The summed E-state index contributed by atoms with van der Waals surface area (Å²) in [6, 6.07) is 18.2. The largest absolute Gasteiger partial charge is 0.487 e. The average Bonchev–Trinajstić information content (AvgIpc) is 3.36. The molecule has 0 aromatic heterocycles. The molecule has 234 valence electrons. The van der Waals surface area contributed by atoms with Gasteiger partial charge < -0.3 is 20.7 Å². The number of piperazine rings is 1. The Balaban J connectivity index is 1.72. The number of nitrogens with one attached hydrogen (secondary N) is 1. The van der Waals surface area contributed by atoms with Crippen molar-refractivity contribution >= 4 is 57.0 Å². The predicted molar refractivity (Wildman–Crippen MR) is 174 cm³/mol. The molecule has 10 nitrogen and oxygen atoms in total. The highest BCUT2D eigenvalue weighted by Crippen LogP contribution is 2.46. The number of benzene rings is 3. The first-order valence-corrected chi connectivity index (χ1v) is 15.6. The Bertz CT molecular complexity index is 1670. The van der Waals surface area contributed by atoms with Crippen molar-refractivity contribution in [1.82, 2.24) is 15.1 Å². The number of urea groups is 1. The van der Waals surface area contributed by atoms with Crippen LogP contribution in [0.5, 0.6) is 5.75 Å². The van der Waals surface area contributed by atoms with E-state index in [1.165, 1.54) is 4.90 Å². The van der Waals surface area contributed by atoms with E-state index in [-0.39, 0.29) is 18.0 Å². The Morgan fingerprint density at radius 1 is 1.04 bits per heavy atom. The maximum Gasteiger partial charge on any atom is 0.326 e. The Hall–Kier alpha value is -4.22. The van der Waals surface area contributed by atoms with Gasteiger partial charge in [-0.15, -0.1) is 0 Å². The smallest absolute Gasteiger partial charge is 0.326 e. The van der Waals surface area contributed by atoms with Crippen LogP contribution in [0.4, 0.5) is 4.79 Å². The van der Waals surface area contributed by atoms with Crippen LogP contribution in [0, 0.1) is 0 Å².